The molecule has 1 amide bonds. The molecule has 5 rings (SSSR count). The summed E-state index contributed by atoms with van der Waals surface area (Å²) < 4.78 is 32.6. The van der Waals surface area contributed by atoms with Crippen LogP contribution in [0.15, 0.2) is 24.5 Å². The molecule has 0 spiro atoms. The largest absolute Gasteiger partial charge is 0.494 e. The zero-order valence-corrected chi connectivity index (χ0v) is 21.6. The molecule has 2 fully saturated rings. The molecule has 2 aliphatic rings. The van der Waals surface area contributed by atoms with E-state index in [9.17, 15) is 18.7 Å². The Balaban J connectivity index is 1.53. The lowest BCUT2D eigenvalue weighted by Crippen LogP contribution is -2.40. The Morgan fingerprint density at radius 1 is 1.18 bits per heavy atom. The number of carbonyl (C=O) groups excluding carboxylic acids is 1. The first-order chi connectivity index (χ1) is 18.3. The quantitative estimate of drug-likeness (QED) is 0.331. The van der Waals surface area contributed by atoms with Gasteiger partial charge in [-0.05, 0) is 49.3 Å². The minimum absolute atomic E-state index is 0.0650. The molecule has 1 saturated carbocycles. The number of aliphatic hydroxyl groups is 1. The average molecular weight is 541 g/mol. The average Bonchev–Trinajstić information content (AvgIpc) is 3.65. The number of aliphatic hydroxyl groups excluding tert-OH is 1. The van der Waals surface area contributed by atoms with Crippen molar-refractivity contribution < 1.29 is 23.4 Å². The predicted molar refractivity (Wildman–Crippen MR) is 138 cm³/mol. The Morgan fingerprint density at radius 3 is 2.74 bits per heavy atom. The van der Waals surface area contributed by atoms with Crippen LogP contribution < -0.4 is 15.0 Å². The Hall–Kier alpha value is -3.69. The van der Waals surface area contributed by atoms with Crippen molar-refractivity contribution in [3.05, 3.63) is 40.8 Å². The summed E-state index contributed by atoms with van der Waals surface area (Å²) >= 11 is 1.19. The van der Waals surface area contributed by atoms with E-state index in [0.717, 1.165) is 25.7 Å². The topological polar surface area (TPSA) is 113 Å². The van der Waals surface area contributed by atoms with Crippen molar-refractivity contribution in [2.75, 3.05) is 23.9 Å². The van der Waals surface area contributed by atoms with E-state index < -0.39 is 18.3 Å². The van der Waals surface area contributed by atoms with Crippen LogP contribution in [0.25, 0.3) is 11.1 Å². The number of aromatic nitrogens is 4. The van der Waals surface area contributed by atoms with E-state index in [1.165, 1.54) is 36.9 Å². The predicted octanol–water partition coefficient (Wildman–Crippen LogP) is 4.57. The molecule has 2 N–H and O–H groups in total. The number of anilines is 2. The SMILES string of the molecule is COc1cnc(C(F)F)cc1-c1cc(N2CCCC(C)C2=O)ncc1C(O)Nc1nnc(C#CC2CC2)s1. The number of piperidine rings is 1. The van der Waals surface area contributed by atoms with Gasteiger partial charge in [-0.25, -0.2) is 13.8 Å². The summed E-state index contributed by atoms with van der Waals surface area (Å²) in [6.45, 7) is 2.35. The van der Waals surface area contributed by atoms with Crippen LogP contribution in [0.3, 0.4) is 0 Å². The second kappa shape index (κ2) is 11.0. The van der Waals surface area contributed by atoms with Gasteiger partial charge in [0, 0.05) is 35.7 Å². The van der Waals surface area contributed by atoms with Gasteiger partial charge >= 0.3 is 0 Å². The zero-order chi connectivity index (χ0) is 26.8. The van der Waals surface area contributed by atoms with Gasteiger partial charge in [0.15, 0.2) is 11.2 Å². The van der Waals surface area contributed by atoms with Crippen molar-refractivity contribution >= 4 is 28.2 Å². The first-order valence-corrected chi connectivity index (χ1v) is 13.1. The van der Waals surface area contributed by atoms with Crippen LogP contribution in [-0.4, -0.2) is 44.8 Å². The fourth-order valence-electron chi connectivity index (χ4n) is 4.21. The fourth-order valence-corrected chi connectivity index (χ4v) is 4.83. The van der Waals surface area contributed by atoms with E-state index in [4.69, 9.17) is 4.74 Å². The normalized spacial score (nSPS) is 18.2. The molecule has 1 aliphatic carbocycles. The lowest BCUT2D eigenvalue weighted by atomic mass is 9.97. The van der Waals surface area contributed by atoms with E-state index in [1.807, 2.05) is 6.92 Å². The third kappa shape index (κ3) is 5.58. The maximum atomic E-state index is 13.6. The summed E-state index contributed by atoms with van der Waals surface area (Å²) in [7, 11) is 1.40. The number of rotatable bonds is 7. The first-order valence-electron chi connectivity index (χ1n) is 12.3. The molecule has 38 heavy (non-hydrogen) atoms. The minimum Gasteiger partial charge on any atom is -0.494 e. The van der Waals surface area contributed by atoms with E-state index in [2.05, 4.69) is 37.3 Å². The van der Waals surface area contributed by atoms with Crippen LogP contribution in [0, 0.1) is 23.7 Å². The molecule has 1 aliphatic heterocycles. The third-order valence-corrected chi connectivity index (χ3v) is 7.24. The minimum atomic E-state index is -2.81. The molecular weight excluding hydrogens is 514 g/mol. The highest BCUT2D eigenvalue weighted by molar-refractivity contribution is 7.15. The lowest BCUT2D eigenvalue weighted by Gasteiger charge is -2.30. The number of hydrogen-bond donors (Lipinski definition) is 2. The number of nitrogens with one attached hydrogen (secondary N) is 1. The first kappa shape index (κ1) is 25.9. The summed E-state index contributed by atoms with van der Waals surface area (Å²) in [5, 5.41) is 23.0. The summed E-state index contributed by atoms with van der Waals surface area (Å²) in [5.41, 5.74) is 0.471. The van der Waals surface area contributed by atoms with Crippen molar-refractivity contribution in [2.24, 2.45) is 11.8 Å². The standard InChI is InChI=1S/C26H26F2N6O3S/c1-14-4-3-9-34(25(14)36)21-11-16(17-10-19(23(27)28)29-13-20(17)37-2)18(12-30-21)24(35)31-26-33-32-22(38-26)8-7-15-5-6-15/h10-15,23-24,35H,3-6,9H2,1-2H3,(H,31,33). The van der Waals surface area contributed by atoms with Gasteiger partial charge < -0.3 is 15.2 Å². The fraction of sp³-hybridized carbons (Fsp3) is 0.423. The molecule has 9 nitrogen and oxygen atoms in total. The van der Waals surface area contributed by atoms with Gasteiger partial charge in [0.25, 0.3) is 6.43 Å². The smallest absolute Gasteiger partial charge is 0.280 e. The number of ether oxygens (including phenoxy) is 1. The highest BCUT2D eigenvalue weighted by Gasteiger charge is 2.29. The van der Waals surface area contributed by atoms with Crippen LogP contribution in [0.1, 0.15) is 61.5 Å². The third-order valence-electron chi connectivity index (χ3n) is 6.47. The van der Waals surface area contributed by atoms with Crippen molar-refractivity contribution in [3.8, 4) is 28.7 Å². The molecule has 0 radical (unpaired) electrons. The lowest BCUT2D eigenvalue weighted by molar-refractivity contribution is -0.123. The van der Waals surface area contributed by atoms with Crippen LogP contribution in [0.2, 0.25) is 0 Å². The molecule has 2 atom stereocenters. The van der Waals surface area contributed by atoms with Gasteiger partial charge in [0.1, 0.15) is 17.3 Å². The molecule has 1 saturated heterocycles. The Bertz CT molecular complexity index is 1400. The zero-order valence-electron chi connectivity index (χ0n) is 20.8. The van der Waals surface area contributed by atoms with Gasteiger partial charge in [-0.2, -0.15) is 0 Å². The Morgan fingerprint density at radius 2 is 2.00 bits per heavy atom. The number of amides is 1. The monoisotopic (exact) mass is 540 g/mol. The maximum absolute atomic E-state index is 13.6. The van der Waals surface area contributed by atoms with Crippen molar-refractivity contribution in [1.82, 2.24) is 20.2 Å². The maximum Gasteiger partial charge on any atom is 0.280 e. The number of nitrogens with zero attached hydrogens (tertiary/aromatic N) is 5. The van der Waals surface area contributed by atoms with Crippen LogP contribution in [-0.2, 0) is 4.79 Å². The molecule has 0 bridgehead atoms. The summed E-state index contributed by atoms with van der Waals surface area (Å²) in [6, 6.07) is 2.83. The van der Waals surface area contributed by atoms with Crippen molar-refractivity contribution in [2.45, 2.75) is 45.3 Å². The van der Waals surface area contributed by atoms with E-state index >= 15 is 0 Å². The number of carbonyl (C=O) groups is 1. The second-order valence-electron chi connectivity index (χ2n) is 9.28. The van der Waals surface area contributed by atoms with Crippen LogP contribution in [0.5, 0.6) is 5.75 Å². The van der Waals surface area contributed by atoms with E-state index in [1.54, 1.807) is 11.0 Å². The summed E-state index contributed by atoms with van der Waals surface area (Å²) in [5.74, 6) is 6.89. The molecule has 3 aromatic rings. The highest BCUT2D eigenvalue weighted by atomic mass is 32.1. The molecule has 0 aromatic carbocycles. The molecular formula is C26H26F2N6O3S. The van der Waals surface area contributed by atoms with Crippen molar-refractivity contribution in [1.29, 1.82) is 0 Å². The Labute approximate surface area is 222 Å². The van der Waals surface area contributed by atoms with Crippen molar-refractivity contribution in [3.63, 3.8) is 0 Å². The summed E-state index contributed by atoms with van der Waals surface area (Å²) in [4.78, 5) is 22.7. The van der Waals surface area contributed by atoms with Crippen LogP contribution in [0.4, 0.5) is 19.7 Å². The number of hydrogen-bond acceptors (Lipinski definition) is 9. The number of methoxy groups -OCH3 is 1. The van der Waals surface area contributed by atoms with Gasteiger partial charge in [0.05, 0.1) is 13.3 Å². The molecule has 3 aromatic heterocycles. The highest BCUT2D eigenvalue weighted by Crippen LogP contribution is 2.39. The van der Waals surface area contributed by atoms with Gasteiger partial charge in [0.2, 0.25) is 11.0 Å². The van der Waals surface area contributed by atoms with Gasteiger partial charge in [-0.15, -0.1) is 10.2 Å². The van der Waals surface area contributed by atoms with Gasteiger partial charge in [-0.3, -0.25) is 14.7 Å². The second-order valence-corrected chi connectivity index (χ2v) is 10.3. The molecule has 12 heteroatoms. The number of alkyl halides is 2. The molecule has 198 valence electrons. The van der Waals surface area contributed by atoms with Gasteiger partial charge in [-0.1, -0.05) is 24.2 Å². The number of pyridine rings is 2. The van der Waals surface area contributed by atoms with Crippen LogP contribution >= 0.6 is 11.3 Å². The Kier molecular flexibility index (Phi) is 7.49. The molecule has 4 heterocycles. The number of halogens is 2. The van der Waals surface area contributed by atoms with E-state index in [-0.39, 0.29) is 28.7 Å². The van der Waals surface area contributed by atoms with E-state index in [0.29, 0.717) is 34.0 Å². The molecule has 2 unspecified atom stereocenters. The summed E-state index contributed by atoms with van der Waals surface area (Å²) in [6.07, 6.45) is 2.28.